The van der Waals surface area contributed by atoms with E-state index in [1.54, 1.807) is 37.3 Å². The first-order valence-corrected chi connectivity index (χ1v) is 10.4. The van der Waals surface area contributed by atoms with Crippen LogP contribution in [-0.4, -0.2) is 44.1 Å². The molecule has 1 atom stereocenters. The van der Waals surface area contributed by atoms with Crippen LogP contribution in [0, 0.1) is 12.8 Å². The molecule has 7 heteroatoms. The van der Waals surface area contributed by atoms with Crippen molar-refractivity contribution in [2.75, 3.05) is 32.2 Å². The van der Waals surface area contributed by atoms with Crippen molar-refractivity contribution in [2.45, 2.75) is 19.8 Å². The number of methoxy groups -OCH3 is 2. The van der Waals surface area contributed by atoms with Gasteiger partial charge < -0.3 is 24.7 Å². The van der Waals surface area contributed by atoms with Crippen LogP contribution >= 0.6 is 0 Å². The zero-order valence-electron chi connectivity index (χ0n) is 18.0. The number of anilines is 1. The van der Waals surface area contributed by atoms with Crippen molar-refractivity contribution in [3.05, 3.63) is 53.7 Å². The third-order valence-electron chi connectivity index (χ3n) is 5.79. The molecule has 1 aliphatic rings. The van der Waals surface area contributed by atoms with E-state index >= 15 is 0 Å². The van der Waals surface area contributed by atoms with Crippen LogP contribution in [0.5, 0.6) is 11.5 Å². The fourth-order valence-electron chi connectivity index (χ4n) is 4.09. The van der Waals surface area contributed by atoms with Crippen LogP contribution in [0.15, 0.2) is 42.6 Å². The van der Waals surface area contributed by atoms with Crippen molar-refractivity contribution >= 4 is 28.4 Å². The molecule has 0 aliphatic carbocycles. The van der Waals surface area contributed by atoms with Crippen LogP contribution < -0.4 is 19.7 Å². The number of rotatable bonds is 7. The second-order valence-corrected chi connectivity index (χ2v) is 7.85. The normalized spacial score (nSPS) is 16.0. The monoisotopic (exact) mass is 421 g/mol. The van der Waals surface area contributed by atoms with Gasteiger partial charge in [-0.2, -0.15) is 0 Å². The molecule has 2 N–H and O–H groups in total. The van der Waals surface area contributed by atoms with Crippen molar-refractivity contribution in [2.24, 2.45) is 5.92 Å². The number of ether oxygens (including phenoxy) is 2. The number of amides is 2. The van der Waals surface area contributed by atoms with E-state index in [4.69, 9.17) is 9.47 Å². The highest BCUT2D eigenvalue weighted by atomic mass is 16.5. The lowest BCUT2D eigenvalue weighted by atomic mass is 10.1. The minimum Gasteiger partial charge on any atom is -0.497 e. The molecule has 1 saturated heterocycles. The number of aryl methyl sites for hydroxylation is 1. The van der Waals surface area contributed by atoms with Crippen molar-refractivity contribution in [1.82, 2.24) is 10.3 Å². The first-order chi connectivity index (χ1) is 15.0. The van der Waals surface area contributed by atoms with Crippen LogP contribution in [0.4, 0.5) is 5.69 Å². The van der Waals surface area contributed by atoms with E-state index in [1.807, 2.05) is 6.20 Å². The summed E-state index contributed by atoms with van der Waals surface area (Å²) in [4.78, 5) is 30.3. The van der Waals surface area contributed by atoms with E-state index in [0.29, 0.717) is 30.3 Å². The highest BCUT2D eigenvalue weighted by Gasteiger charge is 2.36. The third-order valence-corrected chi connectivity index (χ3v) is 5.79. The molecule has 2 aromatic carbocycles. The second-order valence-electron chi connectivity index (χ2n) is 7.85. The quantitative estimate of drug-likeness (QED) is 0.614. The predicted molar refractivity (Wildman–Crippen MR) is 120 cm³/mol. The summed E-state index contributed by atoms with van der Waals surface area (Å²) < 4.78 is 10.7. The molecule has 0 unspecified atom stereocenters. The van der Waals surface area contributed by atoms with Gasteiger partial charge in [-0.15, -0.1) is 0 Å². The standard InChI is InChI=1S/C24H27N3O4/c1-15-4-6-20-19(10-15)16(13-26-20)8-9-25-24(29)17-11-23(28)27(14-17)21-12-18(30-2)5-7-22(21)31-3/h4-7,10,12-13,17,26H,8-9,11,14H2,1-3H3,(H,25,29)/t17-/m1/s1. The Morgan fingerprint density at radius 1 is 1.19 bits per heavy atom. The summed E-state index contributed by atoms with van der Waals surface area (Å²) >= 11 is 0. The van der Waals surface area contributed by atoms with Gasteiger partial charge in [-0.1, -0.05) is 11.6 Å². The molecule has 2 amide bonds. The highest BCUT2D eigenvalue weighted by molar-refractivity contribution is 6.01. The molecule has 3 aromatic rings. The Bertz CT molecular complexity index is 1120. The smallest absolute Gasteiger partial charge is 0.227 e. The van der Waals surface area contributed by atoms with Crippen LogP contribution in [0.2, 0.25) is 0 Å². The van der Waals surface area contributed by atoms with E-state index in [0.717, 1.165) is 11.9 Å². The molecular formula is C24H27N3O4. The number of fused-ring (bicyclic) bond motifs is 1. The number of hydrogen-bond acceptors (Lipinski definition) is 4. The number of benzene rings is 2. The van der Waals surface area contributed by atoms with Crippen molar-refractivity contribution < 1.29 is 19.1 Å². The number of aromatic amines is 1. The average Bonchev–Trinajstić information content (AvgIpc) is 3.36. The van der Waals surface area contributed by atoms with Gasteiger partial charge in [0.1, 0.15) is 11.5 Å². The summed E-state index contributed by atoms with van der Waals surface area (Å²) in [5.74, 6) is 0.608. The number of H-pyrrole nitrogens is 1. The van der Waals surface area contributed by atoms with Gasteiger partial charge in [-0.05, 0) is 43.2 Å². The number of aromatic nitrogens is 1. The fourth-order valence-corrected chi connectivity index (χ4v) is 4.09. The molecular weight excluding hydrogens is 394 g/mol. The maximum absolute atomic E-state index is 12.7. The van der Waals surface area contributed by atoms with E-state index in [9.17, 15) is 9.59 Å². The third kappa shape index (κ3) is 4.21. The van der Waals surface area contributed by atoms with Crippen molar-refractivity contribution in [3.8, 4) is 11.5 Å². The molecule has 0 radical (unpaired) electrons. The van der Waals surface area contributed by atoms with Crippen LogP contribution in [0.3, 0.4) is 0 Å². The number of hydrogen-bond donors (Lipinski definition) is 2. The Hall–Kier alpha value is -3.48. The summed E-state index contributed by atoms with van der Waals surface area (Å²) in [5.41, 5.74) is 4.09. The molecule has 1 fully saturated rings. The van der Waals surface area contributed by atoms with E-state index < -0.39 is 5.92 Å². The summed E-state index contributed by atoms with van der Waals surface area (Å²) in [6.07, 6.45) is 2.90. The van der Waals surface area contributed by atoms with Gasteiger partial charge in [0, 0.05) is 42.7 Å². The summed E-state index contributed by atoms with van der Waals surface area (Å²) in [6.45, 7) is 2.91. The van der Waals surface area contributed by atoms with Crippen LogP contribution in [-0.2, 0) is 16.0 Å². The number of carbonyl (C=O) groups is 2. The summed E-state index contributed by atoms with van der Waals surface area (Å²) in [5, 5.41) is 4.18. The molecule has 4 rings (SSSR count). The molecule has 0 spiro atoms. The lowest BCUT2D eigenvalue weighted by Gasteiger charge is -2.20. The SMILES string of the molecule is COc1ccc(OC)c(N2C[C@H](C(=O)NCCc3c[nH]c4ccc(C)cc34)CC2=O)c1. The number of nitrogens with one attached hydrogen (secondary N) is 2. The van der Waals surface area contributed by atoms with Crippen molar-refractivity contribution in [1.29, 1.82) is 0 Å². The topological polar surface area (TPSA) is 83.7 Å². The maximum atomic E-state index is 12.7. The minimum absolute atomic E-state index is 0.0983. The van der Waals surface area contributed by atoms with E-state index in [2.05, 4.69) is 35.4 Å². The Morgan fingerprint density at radius 2 is 2.03 bits per heavy atom. The first kappa shape index (κ1) is 20.8. The van der Waals surface area contributed by atoms with Crippen LogP contribution in [0.1, 0.15) is 17.5 Å². The van der Waals surface area contributed by atoms with Gasteiger partial charge in [0.15, 0.2) is 0 Å². The van der Waals surface area contributed by atoms with Gasteiger partial charge in [0.05, 0.1) is 25.8 Å². The number of carbonyl (C=O) groups excluding carboxylic acids is 2. The molecule has 7 nitrogen and oxygen atoms in total. The predicted octanol–water partition coefficient (Wildman–Crippen LogP) is 3.21. The summed E-state index contributed by atoms with van der Waals surface area (Å²) in [6, 6.07) is 11.6. The van der Waals surface area contributed by atoms with Gasteiger partial charge in [0.2, 0.25) is 11.8 Å². The largest absolute Gasteiger partial charge is 0.497 e. The molecule has 162 valence electrons. The van der Waals surface area contributed by atoms with E-state index in [1.165, 1.54) is 16.5 Å². The Kier molecular flexibility index (Phi) is 5.84. The Morgan fingerprint density at radius 3 is 2.81 bits per heavy atom. The molecule has 0 saturated carbocycles. The van der Waals surface area contributed by atoms with Crippen LogP contribution in [0.25, 0.3) is 10.9 Å². The summed E-state index contributed by atoms with van der Waals surface area (Å²) in [7, 11) is 3.13. The first-order valence-electron chi connectivity index (χ1n) is 10.4. The maximum Gasteiger partial charge on any atom is 0.227 e. The molecule has 0 bridgehead atoms. The zero-order valence-corrected chi connectivity index (χ0v) is 18.0. The van der Waals surface area contributed by atoms with Gasteiger partial charge in [-0.3, -0.25) is 9.59 Å². The van der Waals surface area contributed by atoms with Gasteiger partial charge in [-0.25, -0.2) is 0 Å². The van der Waals surface area contributed by atoms with Gasteiger partial charge >= 0.3 is 0 Å². The molecule has 31 heavy (non-hydrogen) atoms. The number of nitrogens with zero attached hydrogens (tertiary/aromatic N) is 1. The molecule has 1 aliphatic heterocycles. The molecule has 1 aromatic heterocycles. The Balaban J connectivity index is 1.39. The van der Waals surface area contributed by atoms with Gasteiger partial charge in [0.25, 0.3) is 0 Å². The zero-order chi connectivity index (χ0) is 22.0. The lowest BCUT2D eigenvalue weighted by molar-refractivity contribution is -0.126. The van der Waals surface area contributed by atoms with Crippen molar-refractivity contribution in [3.63, 3.8) is 0 Å². The second kappa shape index (κ2) is 8.71. The fraction of sp³-hybridized carbons (Fsp3) is 0.333. The lowest BCUT2D eigenvalue weighted by Crippen LogP contribution is -2.34. The average molecular weight is 421 g/mol. The Labute approximate surface area is 181 Å². The molecule has 2 heterocycles. The highest BCUT2D eigenvalue weighted by Crippen LogP contribution is 2.36. The minimum atomic E-state index is -0.395. The van der Waals surface area contributed by atoms with E-state index in [-0.39, 0.29) is 18.2 Å².